The number of thiophene rings is 1. The first kappa shape index (κ1) is 17.9. The van der Waals surface area contributed by atoms with Gasteiger partial charge in [-0.25, -0.2) is 4.98 Å². The van der Waals surface area contributed by atoms with Crippen molar-refractivity contribution in [2.45, 2.75) is 19.3 Å². The number of piperidine rings is 1. The molecule has 0 bridgehead atoms. The fraction of sp³-hybridized carbons (Fsp3) is 0.389. The summed E-state index contributed by atoms with van der Waals surface area (Å²) in [7, 11) is 0. The maximum absolute atomic E-state index is 12.5. The number of rotatable bonds is 5. The number of hydrogen-bond acceptors (Lipinski definition) is 4. The Bertz CT molecular complexity index is 728. The molecule has 2 aromatic heterocycles. The van der Waals surface area contributed by atoms with E-state index < -0.39 is 0 Å². The third-order valence-electron chi connectivity index (χ3n) is 4.38. The van der Waals surface area contributed by atoms with Crippen molar-refractivity contribution in [3.05, 3.63) is 51.4 Å². The van der Waals surface area contributed by atoms with Crippen LogP contribution in [0.3, 0.4) is 0 Å². The molecule has 0 aromatic carbocycles. The molecule has 2 aromatic rings. The largest absolute Gasteiger partial charge is 0.355 e. The van der Waals surface area contributed by atoms with Gasteiger partial charge in [-0.3, -0.25) is 9.59 Å². The summed E-state index contributed by atoms with van der Waals surface area (Å²) in [5.41, 5.74) is 0.541. The lowest BCUT2D eigenvalue weighted by atomic mass is 9.95. The number of nitrogens with zero attached hydrogens (tertiary/aromatic N) is 2. The molecule has 5 nitrogen and oxygen atoms in total. The Kier molecular flexibility index (Phi) is 6.04. The molecule has 2 amide bonds. The van der Waals surface area contributed by atoms with Crippen molar-refractivity contribution in [1.82, 2.24) is 15.2 Å². The second kappa shape index (κ2) is 8.45. The fourth-order valence-corrected chi connectivity index (χ4v) is 3.85. The summed E-state index contributed by atoms with van der Waals surface area (Å²) in [5, 5.41) is 5.36. The highest BCUT2D eigenvalue weighted by Crippen LogP contribution is 2.20. The number of pyridine rings is 1. The van der Waals surface area contributed by atoms with E-state index in [1.54, 1.807) is 28.4 Å². The Balaban J connectivity index is 1.44. The summed E-state index contributed by atoms with van der Waals surface area (Å²) in [5.74, 6) is 0.0184. The molecule has 1 saturated heterocycles. The Hall–Kier alpha value is -1.92. The molecule has 3 heterocycles. The molecular weight excluding hydrogens is 358 g/mol. The van der Waals surface area contributed by atoms with Gasteiger partial charge in [-0.05, 0) is 42.8 Å². The van der Waals surface area contributed by atoms with Crippen molar-refractivity contribution in [2.24, 2.45) is 5.92 Å². The monoisotopic (exact) mass is 377 g/mol. The van der Waals surface area contributed by atoms with Crippen molar-refractivity contribution in [1.29, 1.82) is 0 Å². The topological polar surface area (TPSA) is 62.3 Å². The Morgan fingerprint density at radius 3 is 2.80 bits per heavy atom. The first-order valence-corrected chi connectivity index (χ1v) is 9.60. The van der Waals surface area contributed by atoms with Gasteiger partial charge in [0.1, 0.15) is 5.15 Å². The van der Waals surface area contributed by atoms with Gasteiger partial charge in [-0.15, -0.1) is 11.3 Å². The smallest absolute Gasteiger partial charge is 0.254 e. The maximum atomic E-state index is 12.5. The summed E-state index contributed by atoms with van der Waals surface area (Å²) in [4.78, 5) is 31.7. The van der Waals surface area contributed by atoms with Gasteiger partial charge in [-0.2, -0.15) is 0 Å². The zero-order valence-electron chi connectivity index (χ0n) is 13.8. The second-order valence-corrected chi connectivity index (χ2v) is 7.47. The molecule has 7 heteroatoms. The molecule has 3 rings (SSSR count). The highest BCUT2D eigenvalue weighted by Gasteiger charge is 2.27. The molecule has 1 fully saturated rings. The number of carbonyl (C=O) groups excluding carboxylic acids is 2. The van der Waals surface area contributed by atoms with Gasteiger partial charge in [0.05, 0.1) is 0 Å². The van der Waals surface area contributed by atoms with Crippen LogP contribution >= 0.6 is 22.9 Å². The van der Waals surface area contributed by atoms with Gasteiger partial charge >= 0.3 is 0 Å². The van der Waals surface area contributed by atoms with E-state index in [0.29, 0.717) is 43.2 Å². The van der Waals surface area contributed by atoms with E-state index in [0.717, 1.165) is 6.42 Å². The number of hydrogen-bond donors (Lipinski definition) is 1. The van der Waals surface area contributed by atoms with Gasteiger partial charge in [-0.1, -0.05) is 17.7 Å². The molecule has 0 saturated carbocycles. The first-order chi connectivity index (χ1) is 12.1. The Morgan fingerprint density at radius 1 is 1.32 bits per heavy atom. The Morgan fingerprint density at radius 2 is 2.12 bits per heavy atom. The number of aromatic nitrogens is 1. The van der Waals surface area contributed by atoms with E-state index in [9.17, 15) is 9.59 Å². The molecule has 0 unspecified atom stereocenters. The minimum Gasteiger partial charge on any atom is -0.355 e. The standard InChI is InChI=1S/C18H20ClN3O2S/c19-16-12-14(3-7-20-16)18(24)22-9-5-13(6-10-22)17(23)21-8-4-15-2-1-11-25-15/h1-3,7,11-13H,4-6,8-10H2,(H,21,23). The van der Waals surface area contributed by atoms with E-state index in [2.05, 4.69) is 16.4 Å². The zero-order chi connectivity index (χ0) is 17.6. The molecule has 0 aliphatic carbocycles. The highest BCUT2D eigenvalue weighted by molar-refractivity contribution is 7.09. The van der Waals surface area contributed by atoms with E-state index in [-0.39, 0.29) is 17.7 Å². The van der Waals surface area contributed by atoms with Crippen LogP contribution in [0.5, 0.6) is 0 Å². The molecule has 1 N–H and O–H groups in total. The van der Waals surface area contributed by atoms with Gasteiger partial charge in [0.2, 0.25) is 5.91 Å². The van der Waals surface area contributed by atoms with Crippen LogP contribution in [0.1, 0.15) is 28.1 Å². The van der Waals surface area contributed by atoms with Gasteiger partial charge in [0.15, 0.2) is 0 Å². The quantitative estimate of drug-likeness (QED) is 0.815. The lowest BCUT2D eigenvalue weighted by Gasteiger charge is -2.31. The maximum Gasteiger partial charge on any atom is 0.254 e. The number of amides is 2. The molecule has 25 heavy (non-hydrogen) atoms. The molecule has 1 aliphatic heterocycles. The van der Waals surface area contributed by atoms with Crippen LogP contribution in [0, 0.1) is 5.92 Å². The normalized spacial score (nSPS) is 15.2. The fourth-order valence-electron chi connectivity index (χ4n) is 2.97. The molecular formula is C18H20ClN3O2S. The number of halogens is 1. The van der Waals surface area contributed by atoms with Crippen LogP contribution in [0.25, 0.3) is 0 Å². The second-order valence-electron chi connectivity index (χ2n) is 6.05. The number of nitrogens with one attached hydrogen (secondary N) is 1. The number of carbonyl (C=O) groups is 2. The van der Waals surface area contributed by atoms with Crippen LogP contribution in [0.2, 0.25) is 5.15 Å². The van der Waals surface area contributed by atoms with Crippen LogP contribution in [-0.2, 0) is 11.2 Å². The average Bonchev–Trinajstić information content (AvgIpc) is 3.14. The van der Waals surface area contributed by atoms with Crippen molar-refractivity contribution in [3.8, 4) is 0 Å². The third-order valence-corrected chi connectivity index (χ3v) is 5.52. The predicted molar refractivity (Wildman–Crippen MR) is 98.9 cm³/mol. The van der Waals surface area contributed by atoms with E-state index in [1.165, 1.54) is 11.1 Å². The van der Waals surface area contributed by atoms with Gasteiger partial charge in [0.25, 0.3) is 5.91 Å². The van der Waals surface area contributed by atoms with E-state index >= 15 is 0 Å². The van der Waals surface area contributed by atoms with Gasteiger partial charge in [0, 0.05) is 42.2 Å². The molecule has 0 atom stereocenters. The summed E-state index contributed by atoms with van der Waals surface area (Å²) >= 11 is 7.55. The summed E-state index contributed by atoms with van der Waals surface area (Å²) < 4.78 is 0. The zero-order valence-corrected chi connectivity index (χ0v) is 15.4. The van der Waals surface area contributed by atoms with Crippen molar-refractivity contribution < 1.29 is 9.59 Å². The van der Waals surface area contributed by atoms with E-state index in [1.807, 2.05) is 11.4 Å². The van der Waals surface area contributed by atoms with Crippen molar-refractivity contribution in [2.75, 3.05) is 19.6 Å². The lowest BCUT2D eigenvalue weighted by molar-refractivity contribution is -0.126. The van der Waals surface area contributed by atoms with Gasteiger partial charge < -0.3 is 10.2 Å². The Labute approximate surface area is 156 Å². The number of likely N-dealkylation sites (tertiary alicyclic amines) is 1. The first-order valence-electron chi connectivity index (χ1n) is 8.34. The van der Waals surface area contributed by atoms with Crippen LogP contribution in [0.15, 0.2) is 35.8 Å². The minimum atomic E-state index is -0.0548. The molecule has 1 aliphatic rings. The van der Waals surface area contributed by atoms with Crippen molar-refractivity contribution in [3.63, 3.8) is 0 Å². The minimum absolute atomic E-state index is 0.0200. The average molecular weight is 378 g/mol. The highest BCUT2D eigenvalue weighted by atomic mass is 35.5. The third kappa shape index (κ3) is 4.80. The van der Waals surface area contributed by atoms with Crippen LogP contribution in [0.4, 0.5) is 0 Å². The summed E-state index contributed by atoms with van der Waals surface area (Å²) in [6, 6.07) is 7.33. The van der Waals surface area contributed by atoms with Crippen molar-refractivity contribution >= 4 is 34.8 Å². The predicted octanol–water partition coefficient (Wildman–Crippen LogP) is 3.01. The molecule has 0 spiro atoms. The summed E-state index contributed by atoms with van der Waals surface area (Å²) in [6.07, 6.45) is 3.78. The summed E-state index contributed by atoms with van der Waals surface area (Å²) in [6.45, 7) is 1.83. The molecule has 0 radical (unpaired) electrons. The SMILES string of the molecule is O=C(NCCc1cccs1)C1CCN(C(=O)c2ccnc(Cl)c2)CC1. The van der Waals surface area contributed by atoms with Crippen LogP contribution < -0.4 is 5.32 Å². The molecule has 132 valence electrons. The lowest BCUT2D eigenvalue weighted by Crippen LogP contribution is -2.43. The van der Waals surface area contributed by atoms with E-state index in [4.69, 9.17) is 11.6 Å². The van der Waals surface area contributed by atoms with Crippen LogP contribution in [-0.4, -0.2) is 41.3 Å².